The molecule has 0 aromatic heterocycles. The van der Waals surface area contributed by atoms with Crippen LogP contribution in [-0.2, 0) is 0 Å². The first-order valence-electron chi connectivity index (χ1n) is 6.21. The molecule has 0 spiro atoms. The Morgan fingerprint density at radius 2 is 2.11 bits per heavy atom. The lowest BCUT2D eigenvalue weighted by Gasteiger charge is -2.27. The molecule has 1 aliphatic rings. The summed E-state index contributed by atoms with van der Waals surface area (Å²) < 4.78 is 0.960. The highest BCUT2D eigenvalue weighted by molar-refractivity contribution is 9.10. The lowest BCUT2D eigenvalue weighted by atomic mass is 9.99. The highest BCUT2D eigenvalue weighted by Gasteiger charge is 2.34. The maximum absolute atomic E-state index is 12.2. The summed E-state index contributed by atoms with van der Waals surface area (Å²) in [5.41, 5.74) is 1.61. The number of hydrogen-bond donors (Lipinski definition) is 1. The van der Waals surface area contributed by atoms with E-state index in [0.29, 0.717) is 11.4 Å². The lowest BCUT2D eigenvalue weighted by Crippen LogP contribution is -2.47. The Labute approximate surface area is 121 Å². The van der Waals surface area contributed by atoms with Crippen LogP contribution in [0.2, 0.25) is 0 Å². The zero-order valence-electron chi connectivity index (χ0n) is 10.4. The number of rotatable bonds is 3. The fourth-order valence-electron chi connectivity index (χ4n) is 2.39. The van der Waals surface area contributed by atoms with Gasteiger partial charge in [0.15, 0.2) is 0 Å². The highest BCUT2D eigenvalue weighted by Crippen LogP contribution is 2.31. The molecule has 0 heterocycles. The van der Waals surface area contributed by atoms with Crippen molar-refractivity contribution in [2.75, 3.05) is 5.88 Å². The van der Waals surface area contributed by atoms with Gasteiger partial charge in [-0.05, 0) is 37.5 Å². The number of hydrogen-bond acceptors (Lipinski definition) is 1. The van der Waals surface area contributed by atoms with Crippen molar-refractivity contribution in [1.29, 1.82) is 0 Å². The third-order valence-electron chi connectivity index (χ3n) is 3.63. The van der Waals surface area contributed by atoms with Crippen molar-refractivity contribution in [3.63, 3.8) is 0 Å². The van der Waals surface area contributed by atoms with E-state index in [1.807, 2.05) is 25.1 Å². The first-order valence-corrected chi connectivity index (χ1v) is 7.54. The molecule has 18 heavy (non-hydrogen) atoms. The SMILES string of the molecule is Cc1ccc(C(=O)NC2(CCl)CCCC2)cc1Br. The van der Waals surface area contributed by atoms with Gasteiger partial charge in [0.2, 0.25) is 0 Å². The monoisotopic (exact) mass is 329 g/mol. The average molecular weight is 331 g/mol. The minimum absolute atomic E-state index is 0.0294. The van der Waals surface area contributed by atoms with Gasteiger partial charge in [0.25, 0.3) is 5.91 Å². The molecule has 0 saturated heterocycles. The van der Waals surface area contributed by atoms with Gasteiger partial charge < -0.3 is 5.32 Å². The van der Waals surface area contributed by atoms with E-state index in [1.54, 1.807) is 0 Å². The maximum atomic E-state index is 12.2. The Kier molecular flexibility index (Phi) is 4.33. The highest BCUT2D eigenvalue weighted by atomic mass is 79.9. The van der Waals surface area contributed by atoms with E-state index in [0.717, 1.165) is 35.7 Å². The van der Waals surface area contributed by atoms with E-state index < -0.39 is 0 Å². The molecule has 1 fully saturated rings. The molecule has 0 atom stereocenters. The minimum Gasteiger partial charge on any atom is -0.345 e. The Balaban J connectivity index is 2.13. The predicted molar refractivity (Wildman–Crippen MR) is 78.3 cm³/mol. The van der Waals surface area contributed by atoms with Crippen LogP contribution in [-0.4, -0.2) is 17.3 Å². The quantitative estimate of drug-likeness (QED) is 0.833. The molecule has 1 aliphatic carbocycles. The van der Waals surface area contributed by atoms with Crippen LogP contribution >= 0.6 is 27.5 Å². The molecular weight excluding hydrogens is 314 g/mol. The Morgan fingerprint density at radius 1 is 1.44 bits per heavy atom. The number of aryl methyl sites for hydroxylation is 1. The second kappa shape index (κ2) is 5.62. The largest absolute Gasteiger partial charge is 0.345 e. The average Bonchev–Trinajstić information content (AvgIpc) is 2.82. The van der Waals surface area contributed by atoms with Crippen molar-refractivity contribution in [2.24, 2.45) is 0 Å². The summed E-state index contributed by atoms with van der Waals surface area (Å²) in [4.78, 5) is 12.2. The van der Waals surface area contributed by atoms with Crippen LogP contribution in [0, 0.1) is 6.92 Å². The maximum Gasteiger partial charge on any atom is 0.251 e. The van der Waals surface area contributed by atoms with Gasteiger partial charge >= 0.3 is 0 Å². The minimum atomic E-state index is -0.198. The topological polar surface area (TPSA) is 29.1 Å². The van der Waals surface area contributed by atoms with Crippen LogP contribution in [0.15, 0.2) is 22.7 Å². The summed E-state index contributed by atoms with van der Waals surface area (Å²) in [6.07, 6.45) is 4.25. The predicted octanol–water partition coefficient (Wildman–Crippen LogP) is 4.04. The molecule has 1 amide bonds. The Morgan fingerprint density at radius 3 is 2.67 bits per heavy atom. The third-order valence-corrected chi connectivity index (χ3v) is 5.00. The van der Waals surface area contributed by atoms with E-state index in [1.165, 1.54) is 0 Å². The first kappa shape index (κ1) is 13.9. The summed E-state index contributed by atoms with van der Waals surface area (Å²) in [6.45, 7) is 2.00. The van der Waals surface area contributed by atoms with Crippen molar-refractivity contribution in [3.05, 3.63) is 33.8 Å². The molecule has 1 aromatic carbocycles. The van der Waals surface area contributed by atoms with Gasteiger partial charge in [-0.2, -0.15) is 0 Å². The fraction of sp³-hybridized carbons (Fsp3) is 0.500. The van der Waals surface area contributed by atoms with Crippen molar-refractivity contribution in [2.45, 2.75) is 38.1 Å². The summed E-state index contributed by atoms with van der Waals surface area (Å²) in [5, 5.41) is 3.11. The van der Waals surface area contributed by atoms with Gasteiger partial charge in [-0.1, -0.05) is 34.8 Å². The van der Waals surface area contributed by atoms with Gasteiger partial charge in [-0.3, -0.25) is 4.79 Å². The van der Waals surface area contributed by atoms with Gasteiger partial charge in [0.1, 0.15) is 0 Å². The van der Waals surface area contributed by atoms with E-state index in [2.05, 4.69) is 21.2 Å². The molecule has 98 valence electrons. The van der Waals surface area contributed by atoms with Crippen LogP contribution in [0.25, 0.3) is 0 Å². The molecule has 0 bridgehead atoms. The van der Waals surface area contributed by atoms with Crippen LogP contribution in [0.5, 0.6) is 0 Å². The van der Waals surface area contributed by atoms with Crippen molar-refractivity contribution < 1.29 is 4.79 Å². The molecule has 0 aliphatic heterocycles. The third kappa shape index (κ3) is 2.89. The van der Waals surface area contributed by atoms with Gasteiger partial charge in [-0.25, -0.2) is 0 Å². The Hall–Kier alpha value is -0.540. The van der Waals surface area contributed by atoms with Gasteiger partial charge in [-0.15, -0.1) is 11.6 Å². The summed E-state index contributed by atoms with van der Waals surface area (Å²) in [5.74, 6) is 0.462. The summed E-state index contributed by atoms with van der Waals surface area (Å²) in [7, 11) is 0. The van der Waals surface area contributed by atoms with Crippen LogP contribution < -0.4 is 5.32 Å². The number of carbonyl (C=O) groups is 1. The normalized spacial score (nSPS) is 17.7. The number of alkyl halides is 1. The number of nitrogens with one attached hydrogen (secondary N) is 1. The summed E-state index contributed by atoms with van der Waals surface area (Å²) in [6, 6.07) is 5.66. The second-order valence-corrected chi connectivity index (χ2v) is 6.16. The van der Waals surface area contributed by atoms with Crippen molar-refractivity contribution >= 4 is 33.4 Å². The number of carbonyl (C=O) groups excluding carboxylic acids is 1. The first-order chi connectivity index (χ1) is 8.56. The smallest absolute Gasteiger partial charge is 0.251 e. The molecule has 0 unspecified atom stereocenters. The van der Waals surface area contributed by atoms with E-state index in [-0.39, 0.29) is 11.4 Å². The molecule has 0 radical (unpaired) electrons. The molecule has 4 heteroatoms. The second-order valence-electron chi connectivity index (χ2n) is 5.04. The van der Waals surface area contributed by atoms with Crippen LogP contribution in [0.3, 0.4) is 0 Å². The molecule has 1 N–H and O–H groups in total. The number of amides is 1. The lowest BCUT2D eigenvalue weighted by molar-refractivity contribution is 0.0909. The zero-order valence-corrected chi connectivity index (χ0v) is 12.8. The van der Waals surface area contributed by atoms with E-state index in [9.17, 15) is 4.79 Å². The molecule has 1 aromatic rings. The van der Waals surface area contributed by atoms with Gasteiger partial charge in [0.05, 0.1) is 5.54 Å². The van der Waals surface area contributed by atoms with E-state index in [4.69, 9.17) is 11.6 Å². The van der Waals surface area contributed by atoms with Crippen LogP contribution in [0.4, 0.5) is 0 Å². The Bertz CT molecular complexity index is 455. The van der Waals surface area contributed by atoms with Crippen LogP contribution in [0.1, 0.15) is 41.6 Å². The van der Waals surface area contributed by atoms with Gasteiger partial charge in [0, 0.05) is 15.9 Å². The molecular formula is C14H17BrClNO. The van der Waals surface area contributed by atoms with Crippen molar-refractivity contribution in [3.8, 4) is 0 Å². The number of benzene rings is 1. The number of halogens is 2. The molecule has 1 saturated carbocycles. The molecule has 2 rings (SSSR count). The fourth-order valence-corrected chi connectivity index (χ4v) is 3.10. The molecule has 2 nitrogen and oxygen atoms in total. The van der Waals surface area contributed by atoms with Crippen molar-refractivity contribution in [1.82, 2.24) is 5.32 Å². The summed E-state index contributed by atoms with van der Waals surface area (Å²) >= 11 is 9.48. The zero-order chi connectivity index (χ0) is 13.2. The standard InChI is InChI=1S/C14H17BrClNO/c1-10-4-5-11(8-12(10)15)13(18)17-14(9-16)6-2-3-7-14/h4-5,8H,2-3,6-7,9H2,1H3,(H,17,18). The van der Waals surface area contributed by atoms with E-state index >= 15 is 0 Å².